The van der Waals surface area contributed by atoms with Crippen LogP contribution in [0, 0.1) is 0 Å². The summed E-state index contributed by atoms with van der Waals surface area (Å²) in [5.74, 6) is 0.564. The molecule has 0 spiro atoms. The summed E-state index contributed by atoms with van der Waals surface area (Å²) in [6, 6.07) is 3.16. The van der Waals surface area contributed by atoms with Crippen LogP contribution in [0.4, 0.5) is 5.69 Å². The molecule has 1 amide bonds. The van der Waals surface area contributed by atoms with Gasteiger partial charge in [-0.15, -0.1) is 0 Å². The normalized spacial score (nSPS) is 22.9. The lowest BCUT2D eigenvalue weighted by atomic mass is 9.96. The number of morpholine rings is 1. The summed E-state index contributed by atoms with van der Waals surface area (Å²) in [5, 5.41) is 4.66. The Kier molecular flexibility index (Phi) is 7.48. The molecular weight excluding hydrogens is 508 g/mol. The fraction of sp³-hybridized carbons (Fsp3) is 0.556. The van der Waals surface area contributed by atoms with E-state index >= 15 is 0 Å². The number of hydrogen-bond donors (Lipinski definition) is 2. The zero-order valence-electron chi connectivity index (χ0n) is 22.3. The number of amidine groups is 1. The molecule has 2 unspecified atom stereocenters. The Morgan fingerprint density at radius 3 is 2.95 bits per heavy atom. The van der Waals surface area contributed by atoms with Crippen molar-refractivity contribution in [1.29, 1.82) is 0 Å². The average Bonchev–Trinajstić information content (AvgIpc) is 3.43. The number of nitrogens with zero attached hydrogens (tertiary/aromatic N) is 4. The summed E-state index contributed by atoms with van der Waals surface area (Å²) in [7, 11) is 0. The predicted molar refractivity (Wildman–Crippen MR) is 149 cm³/mol. The molecule has 1 aromatic carbocycles. The highest BCUT2D eigenvalue weighted by molar-refractivity contribution is 6.32. The van der Waals surface area contributed by atoms with Gasteiger partial charge in [0.1, 0.15) is 18.4 Å². The second-order valence-electron chi connectivity index (χ2n) is 10.7. The maximum Gasteiger partial charge on any atom is 0.325 e. The van der Waals surface area contributed by atoms with Crippen LogP contribution in [0.2, 0.25) is 5.02 Å². The van der Waals surface area contributed by atoms with Crippen LogP contribution in [0.15, 0.2) is 22.1 Å². The number of anilines is 1. The molecular formula is C27H35ClN6O4. The number of carbonyl (C=O) groups is 2. The first-order chi connectivity index (χ1) is 18.1. The lowest BCUT2D eigenvalue weighted by Crippen LogP contribution is -2.60. The van der Waals surface area contributed by atoms with Gasteiger partial charge in [0.2, 0.25) is 5.91 Å². The molecule has 0 aliphatic carbocycles. The first kappa shape index (κ1) is 26.6. The Labute approximate surface area is 227 Å². The fourth-order valence-corrected chi connectivity index (χ4v) is 5.72. The van der Waals surface area contributed by atoms with Crippen LogP contribution >= 0.6 is 11.6 Å². The van der Waals surface area contributed by atoms with Crippen LogP contribution in [0.25, 0.3) is 10.9 Å². The van der Waals surface area contributed by atoms with Crippen molar-refractivity contribution in [3.05, 3.63) is 28.4 Å². The van der Waals surface area contributed by atoms with Gasteiger partial charge < -0.3 is 24.7 Å². The number of nitrogens with one attached hydrogen (secondary N) is 2. The Morgan fingerprint density at radius 1 is 1.34 bits per heavy atom. The van der Waals surface area contributed by atoms with Crippen LogP contribution < -0.4 is 5.32 Å². The molecule has 4 heterocycles. The monoisotopic (exact) mass is 542 g/mol. The summed E-state index contributed by atoms with van der Waals surface area (Å²) in [6.45, 7) is 11.6. The molecule has 2 aromatic rings. The van der Waals surface area contributed by atoms with Crippen LogP contribution in [0.5, 0.6) is 0 Å². The SMILES string of the molecule is CCOC(=O)CN1CCN=C1CN1CC(C)(C)OCC1C(=O)Nc1cc(Cl)cc2c3c([nH]c12)C=NCC3C. The summed E-state index contributed by atoms with van der Waals surface area (Å²) in [6.07, 6.45) is 1.85. The van der Waals surface area contributed by atoms with Gasteiger partial charge >= 0.3 is 5.97 Å². The number of H-pyrrole nitrogens is 1. The minimum atomic E-state index is -0.546. The number of ether oxygens (including phenoxy) is 2. The van der Waals surface area contributed by atoms with Crippen LogP contribution in [0.3, 0.4) is 0 Å². The molecule has 2 atom stereocenters. The maximum atomic E-state index is 13.7. The third-order valence-electron chi connectivity index (χ3n) is 7.25. The van der Waals surface area contributed by atoms with E-state index in [1.165, 1.54) is 5.56 Å². The highest BCUT2D eigenvalue weighted by atomic mass is 35.5. The van der Waals surface area contributed by atoms with E-state index in [9.17, 15) is 9.59 Å². The van der Waals surface area contributed by atoms with Gasteiger partial charge in [-0.2, -0.15) is 0 Å². The first-order valence-electron chi connectivity index (χ1n) is 13.1. The first-order valence-corrected chi connectivity index (χ1v) is 13.5. The molecule has 38 heavy (non-hydrogen) atoms. The van der Waals surface area contributed by atoms with E-state index in [0.29, 0.717) is 43.5 Å². The third kappa shape index (κ3) is 5.43. The topological polar surface area (TPSA) is 112 Å². The number of fused-ring (bicyclic) bond motifs is 3. The van der Waals surface area contributed by atoms with Crippen molar-refractivity contribution in [1.82, 2.24) is 14.8 Å². The van der Waals surface area contributed by atoms with Gasteiger partial charge in [0, 0.05) is 42.2 Å². The van der Waals surface area contributed by atoms with Crippen molar-refractivity contribution < 1.29 is 19.1 Å². The maximum absolute atomic E-state index is 13.7. The standard InChI is InChI=1S/C27H35ClN6O4/c1-5-37-23(35)13-33-7-6-30-22(33)12-34-15-27(3,4)38-14-21(34)26(36)32-19-9-17(28)8-18-24-16(2)10-29-11-20(24)31-25(18)19/h8-9,11,16,21,31H,5-7,10,12-15H2,1-4H3,(H,32,36). The third-order valence-corrected chi connectivity index (χ3v) is 7.47. The number of aromatic amines is 1. The fourth-order valence-electron chi connectivity index (χ4n) is 5.50. The van der Waals surface area contributed by atoms with E-state index in [-0.39, 0.29) is 30.9 Å². The molecule has 3 aliphatic rings. The highest BCUT2D eigenvalue weighted by Gasteiger charge is 2.39. The number of aliphatic imine (C=N–C) groups is 2. The summed E-state index contributed by atoms with van der Waals surface area (Å²) in [5.41, 5.74) is 3.14. The van der Waals surface area contributed by atoms with Gasteiger partial charge in [0.25, 0.3) is 0 Å². The molecule has 2 N–H and O–H groups in total. The Morgan fingerprint density at radius 2 is 2.16 bits per heavy atom. The van der Waals surface area contributed by atoms with Gasteiger partial charge in [-0.25, -0.2) is 0 Å². The molecule has 0 bridgehead atoms. The van der Waals surface area contributed by atoms with Crippen molar-refractivity contribution in [3.63, 3.8) is 0 Å². The Bertz CT molecular complexity index is 1300. The van der Waals surface area contributed by atoms with E-state index in [4.69, 9.17) is 21.1 Å². The molecule has 1 aromatic heterocycles. The predicted octanol–water partition coefficient (Wildman–Crippen LogP) is 3.05. The number of aromatic nitrogens is 1. The van der Waals surface area contributed by atoms with E-state index in [1.807, 2.05) is 31.0 Å². The molecule has 0 saturated carbocycles. The largest absolute Gasteiger partial charge is 0.465 e. The molecule has 3 aliphatic heterocycles. The molecule has 0 radical (unpaired) electrons. The molecule has 1 fully saturated rings. The molecule has 5 rings (SSSR count). The molecule has 11 heteroatoms. The van der Waals surface area contributed by atoms with Gasteiger partial charge in [-0.1, -0.05) is 18.5 Å². The van der Waals surface area contributed by atoms with Crippen molar-refractivity contribution >= 4 is 52.1 Å². The summed E-state index contributed by atoms with van der Waals surface area (Å²) < 4.78 is 11.2. The minimum Gasteiger partial charge on any atom is -0.465 e. The average molecular weight is 543 g/mol. The van der Waals surface area contributed by atoms with Crippen LogP contribution in [-0.2, 0) is 19.1 Å². The number of carbonyl (C=O) groups excluding carboxylic acids is 2. The quantitative estimate of drug-likeness (QED) is 0.520. The van der Waals surface area contributed by atoms with Crippen molar-refractivity contribution in [2.45, 2.75) is 45.3 Å². The van der Waals surface area contributed by atoms with Gasteiger partial charge in [-0.05, 0) is 38.5 Å². The lowest BCUT2D eigenvalue weighted by molar-refractivity contribution is -0.144. The lowest BCUT2D eigenvalue weighted by Gasteiger charge is -2.43. The zero-order chi connectivity index (χ0) is 27.0. The summed E-state index contributed by atoms with van der Waals surface area (Å²) >= 11 is 6.51. The van der Waals surface area contributed by atoms with E-state index in [0.717, 1.165) is 29.0 Å². The summed E-state index contributed by atoms with van der Waals surface area (Å²) in [4.78, 5) is 42.4. The second-order valence-corrected chi connectivity index (χ2v) is 11.2. The van der Waals surface area contributed by atoms with E-state index in [1.54, 1.807) is 13.0 Å². The molecule has 1 saturated heterocycles. The minimum absolute atomic E-state index is 0.150. The van der Waals surface area contributed by atoms with Crippen molar-refractivity contribution in [3.8, 4) is 0 Å². The van der Waals surface area contributed by atoms with Crippen LogP contribution in [0.1, 0.15) is 44.9 Å². The Hall–Kier alpha value is -2.95. The highest BCUT2D eigenvalue weighted by Crippen LogP contribution is 2.37. The molecule has 10 nitrogen and oxygen atoms in total. The zero-order valence-corrected chi connectivity index (χ0v) is 23.1. The van der Waals surface area contributed by atoms with E-state index < -0.39 is 11.6 Å². The van der Waals surface area contributed by atoms with Gasteiger partial charge in [0.05, 0.1) is 48.8 Å². The van der Waals surface area contributed by atoms with Gasteiger partial charge in [0.15, 0.2) is 0 Å². The van der Waals surface area contributed by atoms with Crippen molar-refractivity contribution in [2.75, 3.05) is 57.8 Å². The Balaban J connectivity index is 1.38. The van der Waals surface area contributed by atoms with Crippen LogP contribution in [-0.4, -0.2) is 103 Å². The number of esters is 1. The van der Waals surface area contributed by atoms with E-state index in [2.05, 4.69) is 32.1 Å². The van der Waals surface area contributed by atoms with Gasteiger partial charge in [-0.3, -0.25) is 24.5 Å². The number of amides is 1. The smallest absolute Gasteiger partial charge is 0.325 e. The molecule has 204 valence electrons. The number of hydrogen-bond acceptors (Lipinski definition) is 8. The second kappa shape index (κ2) is 10.7. The number of benzene rings is 1. The number of rotatable bonds is 7. The number of halogens is 1. The van der Waals surface area contributed by atoms with Crippen molar-refractivity contribution in [2.24, 2.45) is 9.98 Å².